The van der Waals surface area contributed by atoms with Crippen LogP contribution in [0.15, 0.2) is 108 Å². The molecule has 30 heavy (non-hydrogen) atoms. The molecule has 0 bridgehead atoms. The van der Waals surface area contributed by atoms with E-state index in [4.69, 9.17) is 4.42 Å². The second-order valence-corrected chi connectivity index (χ2v) is 7.79. The summed E-state index contributed by atoms with van der Waals surface area (Å²) >= 11 is 0. The average Bonchev–Trinajstić information content (AvgIpc) is 3.34. The lowest BCUT2D eigenvalue weighted by atomic mass is 10.1. The van der Waals surface area contributed by atoms with E-state index < -0.39 is 0 Å². The maximum Gasteiger partial charge on any atom is 0.160 e. The van der Waals surface area contributed by atoms with Gasteiger partial charge in [0.1, 0.15) is 5.58 Å². The molecule has 5 aromatic carbocycles. The van der Waals surface area contributed by atoms with Gasteiger partial charge in [0.05, 0.1) is 16.7 Å². The Morgan fingerprint density at radius 3 is 2.13 bits per heavy atom. The molecule has 0 radical (unpaired) electrons. The quantitative estimate of drug-likeness (QED) is 0.282. The van der Waals surface area contributed by atoms with Gasteiger partial charge in [0.25, 0.3) is 0 Å². The van der Waals surface area contributed by atoms with E-state index in [2.05, 4.69) is 95.6 Å². The molecule has 2 aromatic heterocycles. The number of benzene rings is 5. The molecular weight excluding hydrogens is 366 g/mol. The molecule has 140 valence electrons. The Morgan fingerprint density at radius 2 is 1.20 bits per heavy atom. The van der Waals surface area contributed by atoms with Gasteiger partial charge in [0.2, 0.25) is 0 Å². The Hall–Kier alpha value is -4.04. The Labute approximate surface area is 172 Å². The molecule has 0 saturated heterocycles. The second kappa shape index (κ2) is 5.74. The maximum atomic E-state index is 6.45. The topological polar surface area (TPSA) is 18.1 Å². The minimum absolute atomic E-state index is 0.926. The van der Waals surface area contributed by atoms with E-state index in [-0.39, 0.29) is 0 Å². The molecule has 2 heterocycles. The number of nitrogens with zero attached hydrogens (tertiary/aromatic N) is 1. The molecule has 0 unspecified atom stereocenters. The molecule has 0 spiro atoms. The zero-order valence-electron chi connectivity index (χ0n) is 16.2. The van der Waals surface area contributed by atoms with Crippen molar-refractivity contribution in [1.82, 2.24) is 4.57 Å². The van der Waals surface area contributed by atoms with E-state index in [0.717, 1.165) is 27.5 Å². The Bertz CT molecular complexity index is 1740. The molecule has 0 atom stereocenters. The van der Waals surface area contributed by atoms with Gasteiger partial charge >= 0.3 is 0 Å². The highest BCUT2D eigenvalue weighted by atomic mass is 16.3. The normalized spacial score (nSPS) is 12.0. The lowest BCUT2D eigenvalue weighted by Gasteiger charge is -2.11. The van der Waals surface area contributed by atoms with Crippen LogP contribution in [-0.4, -0.2) is 4.57 Å². The fourth-order valence-corrected chi connectivity index (χ4v) is 4.88. The number of hydrogen-bond donors (Lipinski definition) is 0. The smallest absolute Gasteiger partial charge is 0.160 e. The van der Waals surface area contributed by atoms with Crippen LogP contribution < -0.4 is 0 Å². The van der Waals surface area contributed by atoms with Crippen LogP contribution in [-0.2, 0) is 0 Å². The van der Waals surface area contributed by atoms with Crippen molar-refractivity contribution < 1.29 is 4.42 Å². The monoisotopic (exact) mass is 383 g/mol. The van der Waals surface area contributed by atoms with Gasteiger partial charge < -0.3 is 8.98 Å². The number of fused-ring (bicyclic) bond motifs is 8. The molecule has 0 aliphatic carbocycles. The summed E-state index contributed by atoms with van der Waals surface area (Å²) in [5, 5.41) is 7.23. The van der Waals surface area contributed by atoms with Crippen molar-refractivity contribution in [2.75, 3.05) is 0 Å². The van der Waals surface area contributed by atoms with E-state index >= 15 is 0 Å². The molecule has 2 heteroatoms. The third-order valence-corrected chi connectivity index (χ3v) is 6.19. The standard InChI is InChI=1S/C28H17NO/c1-2-10-19-18(8-1)9-7-14-24(19)29-25-13-5-3-11-20(25)22-16-17-23-21-12-4-6-15-26(21)30-28(23)27(22)29/h1-17H. The fraction of sp³-hybridized carbons (Fsp3) is 0. The average molecular weight is 383 g/mol. The van der Waals surface area contributed by atoms with Crippen LogP contribution in [0.5, 0.6) is 0 Å². The van der Waals surface area contributed by atoms with E-state index in [1.54, 1.807) is 0 Å². The first-order valence-electron chi connectivity index (χ1n) is 10.2. The predicted octanol–water partition coefficient (Wildman–Crippen LogP) is 7.84. The number of aromatic nitrogens is 1. The maximum absolute atomic E-state index is 6.45. The lowest BCUT2D eigenvalue weighted by molar-refractivity contribution is 0.671. The summed E-state index contributed by atoms with van der Waals surface area (Å²) in [5.74, 6) is 0. The molecule has 0 N–H and O–H groups in total. The van der Waals surface area contributed by atoms with Gasteiger partial charge in [-0.1, -0.05) is 78.9 Å². The third-order valence-electron chi connectivity index (χ3n) is 6.19. The fourth-order valence-electron chi connectivity index (χ4n) is 4.88. The van der Waals surface area contributed by atoms with E-state index in [1.165, 1.54) is 32.7 Å². The van der Waals surface area contributed by atoms with E-state index in [9.17, 15) is 0 Å². The summed E-state index contributed by atoms with van der Waals surface area (Å²) in [6.07, 6.45) is 0. The highest BCUT2D eigenvalue weighted by Gasteiger charge is 2.19. The molecule has 7 rings (SSSR count). The van der Waals surface area contributed by atoms with Gasteiger partial charge in [-0.15, -0.1) is 0 Å². The largest absolute Gasteiger partial charge is 0.454 e. The van der Waals surface area contributed by atoms with Gasteiger partial charge in [-0.2, -0.15) is 0 Å². The predicted molar refractivity (Wildman–Crippen MR) is 126 cm³/mol. The van der Waals surface area contributed by atoms with E-state index in [1.807, 2.05) is 12.1 Å². The molecule has 7 aromatic rings. The molecular formula is C28H17NO. The number of para-hydroxylation sites is 2. The molecule has 0 saturated carbocycles. The zero-order chi connectivity index (χ0) is 19.7. The van der Waals surface area contributed by atoms with E-state index in [0.29, 0.717) is 0 Å². The molecule has 2 nitrogen and oxygen atoms in total. The number of rotatable bonds is 1. The van der Waals surface area contributed by atoms with Crippen LogP contribution in [0.4, 0.5) is 0 Å². The summed E-state index contributed by atoms with van der Waals surface area (Å²) in [4.78, 5) is 0. The highest BCUT2D eigenvalue weighted by molar-refractivity contribution is 6.21. The number of furan rings is 1. The SMILES string of the molecule is c1ccc2c(-n3c4ccccc4c4ccc5c6ccccc6oc5c43)cccc2c1. The molecule has 0 amide bonds. The minimum atomic E-state index is 0.926. The highest BCUT2D eigenvalue weighted by Crippen LogP contribution is 2.41. The first kappa shape index (κ1) is 15.8. The van der Waals surface area contributed by atoms with Crippen molar-refractivity contribution in [3.63, 3.8) is 0 Å². The Kier molecular flexibility index (Phi) is 3.03. The molecule has 0 fully saturated rings. The number of hydrogen-bond acceptors (Lipinski definition) is 1. The van der Waals surface area contributed by atoms with Crippen LogP contribution in [0.1, 0.15) is 0 Å². The Balaban J connectivity index is 1.77. The van der Waals surface area contributed by atoms with Crippen molar-refractivity contribution in [3.8, 4) is 5.69 Å². The van der Waals surface area contributed by atoms with Gasteiger partial charge in [0.15, 0.2) is 5.58 Å². The first-order valence-corrected chi connectivity index (χ1v) is 10.2. The van der Waals surface area contributed by atoms with Crippen molar-refractivity contribution in [1.29, 1.82) is 0 Å². The summed E-state index contributed by atoms with van der Waals surface area (Å²) in [6.45, 7) is 0. The summed E-state index contributed by atoms with van der Waals surface area (Å²) in [6, 6.07) is 36.4. The Morgan fingerprint density at radius 1 is 0.500 bits per heavy atom. The van der Waals surface area contributed by atoms with Crippen molar-refractivity contribution in [3.05, 3.63) is 103 Å². The van der Waals surface area contributed by atoms with Gasteiger partial charge in [0, 0.05) is 26.9 Å². The van der Waals surface area contributed by atoms with Crippen LogP contribution in [0.2, 0.25) is 0 Å². The van der Waals surface area contributed by atoms with Crippen molar-refractivity contribution in [2.24, 2.45) is 0 Å². The van der Waals surface area contributed by atoms with Gasteiger partial charge in [-0.3, -0.25) is 0 Å². The van der Waals surface area contributed by atoms with Gasteiger partial charge in [-0.25, -0.2) is 0 Å². The summed E-state index contributed by atoms with van der Waals surface area (Å²) < 4.78 is 8.82. The van der Waals surface area contributed by atoms with Gasteiger partial charge in [-0.05, 0) is 29.7 Å². The minimum Gasteiger partial charge on any atom is -0.454 e. The first-order chi connectivity index (χ1) is 14.9. The van der Waals surface area contributed by atoms with Crippen LogP contribution in [0, 0.1) is 0 Å². The van der Waals surface area contributed by atoms with Crippen LogP contribution in [0.3, 0.4) is 0 Å². The molecule has 0 aliphatic rings. The second-order valence-electron chi connectivity index (χ2n) is 7.79. The van der Waals surface area contributed by atoms with Crippen LogP contribution >= 0.6 is 0 Å². The molecule has 0 aliphatic heterocycles. The van der Waals surface area contributed by atoms with Crippen molar-refractivity contribution >= 4 is 54.5 Å². The zero-order valence-corrected chi connectivity index (χ0v) is 16.2. The lowest BCUT2D eigenvalue weighted by Crippen LogP contribution is -1.95. The summed E-state index contributed by atoms with van der Waals surface area (Å²) in [7, 11) is 0. The van der Waals surface area contributed by atoms with Crippen LogP contribution in [0.25, 0.3) is 60.2 Å². The summed E-state index contributed by atoms with van der Waals surface area (Å²) in [5.41, 5.74) is 5.36. The van der Waals surface area contributed by atoms with Crippen molar-refractivity contribution in [2.45, 2.75) is 0 Å². The third kappa shape index (κ3) is 1.98.